The number of ether oxygens (including phenoxy) is 1. The number of nitrogens with one attached hydrogen (secondary N) is 1. The molecule has 102 valence electrons. The fraction of sp³-hybridized carbons (Fsp3) is 0.923. The summed E-state index contributed by atoms with van der Waals surface area (Å²) in [5.41, 5.74) is 4.93. The topological polar surface area (TPSA) is 64.3 Å². The number of nitrogens with two attached hydrogens (primary N) is 1. The Hall–Kier alpha value is -0.770. The predicted octanol–water partition coefficient (Wildman–Crippen LogP) is 2.66. The van der Waals surface area contributed by atoms with Crippen LogP contribution in [0.4, 0.5) is 4.79 Å². The molecule has 1 unspecified atom stereocenters. The minimum absolute atomic E-state index is 0.289. The highest BCUT2D eigenvalue weighted by Gasteiger charge is 2.26. The Kier molecular flexibility index (Phi) is 5.96. The van der Waals surface area contributed by atoms with Crippen molar-refractivity contribution in [3.05, 3.63) is 0 Å². The first-order chi connectivity index (χ1) is 7.59. The molecule has 0 aliphatic heterocycles. The van der Waals surface area contributed by atoms with Gasteiger partial charge in [0.25, 0.3) is 0 Å². The first kappa shape index (κ1) is 16.2. The lowest BCUT2D eigenvalue weighted by Gasteiger charge is -2.31. The van der Waals surface area contributed by atoms with Crippen LogP contribution in [0.5, 0.6) is 0 Å². The van der Waals surface area contributed by atoms with Crippen LogP contribution in [0.3, 0.4) is 0 Å². The SMILES string of the molecule is CCC(CN)CC(C)(C)NC(=O)OC(C)(C)C. The van der Waals surface area contributed by atoms with Gasteiger partial charge in [-0.15, -0.1) is 0 Å². The Labute approximate surface area is 105 Å². The van der Waals surface area contributed by atoms with Crippen molar-refractivity contribution >= 4 is 6.09 Å². The van der Waals surface area contributed by atoms with E-state index in [9.17, 15) is 4.79 Å². The Morgan fingerprint density at radius 3 is 2.18 bits per heavy atom. The molecule has 0 aromatic heterocycles. The highest BCUT2D eigenvalue weighted by molar-refractivity contribution is 5.68. The Morgan fingerprint density at radius 1 is 1.29 bits per heavy atom. The van der Waals surface area contributed by atoms with E-state index in [1.807, 2.05) is 34.6 Å². The summed E-state index contributed by atoms with van der Waals surface area (Å²) < 4.78 is 5.24. The van der Waals surface area contributed by atoms with E-state index < -0.39 is 5.60 Å². The lowest BCUT2D eigenvalue weighted by Crippen LogP contribution is -2.47. The molecule has 0 fully saturated rings. The maximum atomic E-state index is 11.7. The van der Waals surface area contributed by atoms with Gasteiger partial charge >= 0.3 is 6.09 Å². The van der Waals surface area contributed by atoms with Crippen molar-refractivity contribution < 1.29 is 9.53 Å². The third-order valence-electron chi connectivity index (χ3n) is 2.55. The van der Waals surface area contributed by atoms with E-state index in [1.165, 1.54) is 0 Å². The molecule has 0 aliphatic carbocycles. The van der Waals surface area contributed by atoms with Crippen molar-refractivity contribution in [3.63, 3.8) is 0 Å². The molecule has 0 saturated carbocycles. The summed E-state index contributed by atoms with van der Waals surface area (Å²) in [5, 5.41) is 2.90. The molecule has 0 heterocycles. The normalized spacial score (nSPS) is 14.3. The zero-order chi connectivity index (χ0) is 13.7. The second-order valence-electron chi connectivity index (χ2n) is 6.22. The maximum Gasteiger partial charge on any atom is 0.408 e. The highest BCUT2D eigenvalue weighted by atomic mass is 16.6. The second-order valence-corrected chi connectivity index (χ2v) is 6.22. The molecule has 1 amide bonds. The van der Waals surface area contributed by atoms with Crippen LogP contribution in [-0.2, 0) is 4.74 Å². The standard InChI is InChI=1S/C13H28N2O2/c1-7-10(9-14)8-13(5,6)15-11(16)17-12(2,3)4/h10H,7-9,14H2,1-6H3,(H,15,16). The second kappa shape index (κ2) is 6.24. The number of alkyl carbamates (subject to hydrolysis) is 1. The van der Waals surface area contributed by atoms with Crippen molar-refractivity contribution in [2.75, 3.05) is 6.54 Å². The first-order valence-corrected chi connectivity index (χ1v) is 6.31. The van der Waals surface area contributed by atoms with Crippen molar-refractivity contribution in [2.24, 2.45) is 11.7 Å². The average Bonchev–Trinajstić information content (AvgIpc) is 2.09. The summed E-state index contributed by atoms with van der Waals surface area (Å²) in [6.07, 6.45) is 1.52. The number of hydrogen-bond acceptors (Lipinski definition) is 3. The molecule has 0 saturated heterocycles. The fourth-order valence-electron chi connectivity index (χ4n) is 1.75. The average molecular weight is 244 g/mol. The molecular weight excluding hydrogens is 216 g/mol. The maximum absolute atomic E-state index is 11.7. The number of rotatable bonds is 5. The molecule has 0 aliphatic rings. The predicted molar refractivity (Wildman–Crippen MR) is 70.9 cm³/mol. The lowest BCUT2D eigenvalue weighted by atomic mass is 9.89. The van der Waals surface area contributed by atoms with E-state index in [2.05, 4.69) is 12.2 Å². The van der Waals surface area contributed by atoms with E-state index >= 15 is 0 Å². The van der Waals surface area contributed by atoms with Crippen LogP contribution < -0.4 is 11.1 Å². The van der Waals surface area contributed by atoms with E-state index in [0.29, 0.717) is 12.5 Å². The molecule has 0 aromatic rings. The summed E-state index contributed by atoms with van der Waals surface area (Å²) in [7, 11) is 0. The molecule has 4 heteroatoms. The summed E-state index contributed by atoms with van der Waals surface area (Å²) in [5.74, 6) is 0.430. The summed E-state index contributed by atoms with van der Waals surface area (Å²) in [6.45, 7) is 12.3. The molecule has 0 radical (unpaired) electrons. The molecule has 0 spiro atoms. The van der Waals surface area contributed by atoms with Crippen LogP contribution >= 0.6 is 0 Å². The number of carbonyl (C=O) groups is 1. The number of hydrogen-bond donors (Lipinski definition) is 2. The molecule has 0 bridgehead atoms. The molecule has 0 rings (SSSR count). The number of carbonyl (C=O) groups excluding carboxylic acids is 1. The fourth-order valence-corrected chi connectivity index (χ4v) is 1.75. The van der Waals surface area contributed by atoms with Gasteiger partial charge in [-0.05, 0) is 53.5 Å². The van der Waals surface area contributed by atoms with Crippen molar-refractivity contribution in [1.29, 1.82) is 0 Å². The Balaban J connectivity index is 4.29. The van der Waals surface area contributed by atoms with Gasteiger partial charge in [0.2, 0.25) is 0 Å². The molecular formula is C13H28N2O2. The van der Waals surface area contributed by atoms with Crippen LogP contribution in [-0.4, -0.2) is 23.8 Å². The Bertz CT molecular complexity index is 240. The van der Waals surface area contributed by atoms with Crippen molar-refractivity contribution in [2.45, 2.75) is 65.5 Å². The van der Waals surface area contributed by atoms with Gasteiger partial charge in [0, 0.05) is 5.54 Å². The summed E-state index contributed by atoms with van der Waals surface area (Å²) in [6, 6.07) is 0. The number of amides is 1. The Morgan fingerprint density at radius 2 is 1.82 bits per heavy atom. The molecule has 0 aromatic carbocycles. The van der Waals surface area contributed by atoms with Gasteiger partial charge in [-0.3, -0.25) is 0 Å². The van der Waals surface area contributed by atoms with Gasteiger partial charge in [-0.2, -0.15) is 0 Å². The minimum atomic E-state index is -0.460. The zero-order valence-corrected chi connectivity index (χ0v) is 12.1. The van der Waals surface area contributed by atoms with Crippen LogP contribution in [0.1, 0.15) is 54.4 Å². The van der Waals surface area contributed by atoms with Gasteiger partial charge in [0.1, 0.15) is 5.60 Å². The van der Waals surface area contributed by atoms with Crippen LogP contribution in [0.15, 0.2) is 0 Å². The van der Waals surface area contributed by atoms with Crippen LogP contribution in [0, 0.1) is 5.92 Å². The summed E-state index contributed by atoms with van der Waals surface area (Å²) in [4.78, 5) is 11.7. The van der Waals surface area contributed by atoms with Crippen LogP contribution in [0.2, 0.25) is 0 Å². The third kappa shape index (κ3) is 8.02. The van der Waals surface area contributed by atoms with E-state index in [-0.39, 0.29) is 11.6 Å². The smallest absolute Gasteiger partial charge is 0.408 e. The van der Waals surface area contributed by atoms with Gasteiger partial charge in [-0.1, -0.05) is 13.3 Å². The van der Waals surface area contributed by atoms with Gasteiger partial charge < -0.3 is 15.8 Å². The quantitative estimate of drug-likeness (QED) is 0.781. The minimum Gasteiger partial charge on any atom is -0.444 e. The monoisotopic (exact) mass is 244 g/mol. The van der Waals surface area contributed by atoms with Crippen LogP contribution in [0.25, 0.3) is 0 Å². The van der Waals surface area contributed by atoms with Gasteiger partial charge in [0.15, 0.2) is 0 Å². The van der Waals surface area contributed by atoms with Crippen molar-refractivity contribution in [1.82, 2.24) is 5.32 Å². The van der Waals surface area contributed by atoms with E-state index in [1.54, 1.807) is 0 Å². The highest BCUT2D eigenvalue weighted by Crippen LogP contribution is 2.19. The first-order valence-electron chi connectivity index (χ1n) is 6.31. The molecule has 17 heavy (non-hydrogen) atoms. The molecule has 3 N–H and O–H groups in total. The molecule has 4 nitrogen and oxygen atoms in total. The largest absolute Gasteiger partial charge is 0.444 e. The third-order valence-corrected chi connectivity index (χ3v) is 2.55. The van der Waals surface area contributed by atoms with Crippen molar-refractivity contribution in [3.8, 4) is 0 Å². The van der Waals surface area contributed by atoms with Gasteiger partial charge in [0.05, 0.1) is 0 Å². The molecule has 1 atom stereocenters. The van der Waals surface area contributed by atoms with E-state index in [4.69, 9.17) is 10.5 Å². The van der Waals surface area contributed by atoms with E-state index in [0.717, 1.165) is 12.8 Å². The zero-order valence-electron chi connectivity index (χ0n) is 12.1. The lowest BCUT2D eigenvalue weighted by molar-refractivity contribution is 0.0459. The summed E-state index contributed by atoms with van der Waals surface area (Å²) >= 11 is 0. The van der Waals surface area contributed by atoms with Gasteiger partial charge in [-0.25, -0.2) is 4.79 Å².